The number of hydrogen-bond acceptors (Lipinski definition) is 5. The molecule has 1 N–H and O–H groups in total. The van der Waals surface area contributed by atoms with Crippen LogP contribution in [0.15, 0.2) is 29.3 Å². The molecule has 1 aromatic carbocycles. The summed E-state index contributed by atoms with van der Waals surface area (Å²) < 4.78 is 5.24. The summed E-state index contributed by atoms with van der Waals surface area (Å²) in [7, 11) is 2.05. The molecule has 1 fully saturated rings. The quantitative estimate of drug-likeness (QED) is 0.806. The minimum Gasteiger partial charge on any atom is -0.442 e. The average molecular weight is 384 g/mol. The van der Waals surface area contributed by atoms with E-state index in [9.17, 15) is 9.59 Å². The zero-order valence-corrected chi connectivity index (χ0v) is 17.0. The van der Waals surface area contributed by atoms with Crippen LogP contribution in [0.4, 0.5) is 4.79 Å². The van der Waals surface area contributed by atoms with Gasteiger partial charge in [-0.25, -0.2) is 4.79 Å². The van der Waals surface area contributed by atoms with Gasteiger partial charge in [0.2, 0.25) is 0 Å². The van der Waals surface area contributed by atoms with Crippen LogP contribution in [0.5, 0.6) is 0 Å². The largest absolute Gasteiger partial charge is 0.442 e. The van der Waals surface area contributed by atoms with Gasteiger partial charge in [-0.2, -0.15) is 10.3 Å². The van der Waals surface area contributed by atoms with Crippen molar-refractivity contribution >= 4 is 17.7 Å². The Morgan fingerprint density at radius 1 is 1.25 bits per heavy atom. The van der Waals surface area contributed by atoms with Crippen LogP contribution in [0.1, 0.15) is 44.7 Å². The number of benzene rings is 1. The highest BCUT2D eigenvalue weighted by Crippen LogP contribution is 2.12. The lowest BCUT2D eigenvalue weighted by molar-refractivity contribution is -0.115. The third kappa shape index (κ3) is 7.12. The Balaban J connectivity index is 2.15. The van der Waals surface area contributed by atoms with Crippen molar-refractivity contribution in [1.29, 1.82) is 5.26 Å². The van der Waals surface area contributed by atoms with Gasteiger partial charge in [-0.1, -0.05) is 12.1 Å². The SMILES string of the molecule is CN1CCC(NC(=O)/C(Cc2ccc(C#N)cc2)=N\C(=O)OC(C)(C)C)CC1. The fraction of sp³-hybridized carbons (Fsp3) is 0.524. The van der Waals surface area contributed by atoms with Gasteiger partial charge in [0.05, 0.1) is 11.6 Å². The maximum Gasteiger partial charge on any atom is 0.434 e. The Labute approximate surface area is 166 Å². The van der Waals surface area contributed by atoms with Crippen LogP contribution in [0.2, 0.25) is 0 Å². The Kier molecular flexibility index (Phi) is 7.30. The molecule has 0 aromatic heterocycles. The molecular weight excluding hydrogens is 356 g/mol. The molecule has 1 aliphatic heterocycles. The van der Waals surface area contributed by atoms with Gasteiger partial charge < -0.3 is 15.0 Å². The van der Waals surface area contributed by atoms with E-state index in [0.29, 0.717) is 5.56 Å². The number of aliphatic imine (C=N–C) groups is 1. The number of amides is 2. The van der Waals surface area contributed by atoms with E-state index >= 15 is 0 Å². The van der Waals surface area contributed by atoms with Gasteiger partial charge in [0.1, 0.15) is 11.3 Å². The number of carbonyl (C=O) groups is 2. The first-order valence-electron chi connectivity index (χ1n) is 9.45. The van der Waals surface area contributed by atoms with Crippen LogP contribution < -0.4 is 5.32 Å². The maximum absolute atomic E-state index is 12.8. The van der Waals surface area contributed by atoms with Gasteiger partial charge in [-0.05, 0) is 71.4 Å². The fourth-order valence-corrected chi connectivity index (χ4v) is 2.88. The fourth-order valence-electron chi connectivity index (χ4n) is 2.88. The predicted octanol–water partition coefficient (Wildman–Crippen LogP) is 2.69. The molecule has 0 atom stereocenters. The van der Waals surface area contributed by atoms with Gasteiger partial charge in [-0.15, -0.1) is 0 Å². The summed E-state index contributed by atoms with van der Waals surface area (Å²) in [5, 5.41) is 11.9. The van der Waals surface area contributed by atoms with E-state index in [4.69, 9.17) is 10.00 Å². The zero-order chi connectivity index (χ0) is 20.7. The number of rotatable bonds is 4. The van der Waals surface area contributed by atoms with Gasteiger partial charge in [-0.3, -0.25) is 4.79 Å². The molecule has 2 rings (SSSR count). The van der Waals surface area contributed by atoms with Gasteiger partial charge >= 0.3 is 6.09 Å². The highest BCUT2D eigenvalue weighted by molar-refractivity contribution is 6.40. The summed E-state index contributed by atoms with van der Waals surface area (Å²) in [6, 6.07) is 8.99. The van der Waals surface area contributed by atoms with Crippen LogP contribution >= 0.6 is 0 Å². The molecular formula is C21H28N4O3. The summed E-state index contributed by atoms with van der Waals surface area (Å²) in [6.45, 7) is 7.08. The van der Waals surface area contributed by atoms with Crippen molar-refractivity contribution in [2.24, 2.45) is 4.99 Å². The number of ether oxygens (including phenoxy) is 1. The first kappa shape index (κ1) is 21.6. The molecule has 0 saturated carbocycles. The Hall–Kier alpha value is -2.72. The Bertz CT molecular complexity index is 764. The monoisotopic (exact) mass is 384 g/mol. The van der Waals surface area contributed by atoms with Crippen molar-refractivity contribution in [1.82, 2.24) is 10.2 Å². The average Bonchev–Trinajstić information content (AvgIpc) is 2.62. The number of hydrogen-bond donors (Lipinski definition) is 1. The van der Waals surface area contributed by atoms with E-state index in [1.165, 1.54) is 0 Å². The van der Waals surface area contributed by atoms with E-state index in [-0.39, 0.29) is 24.1 Å². The highest BCUT2D eigenvalue weighted by Gasteiger charge is 2.23. The van der Waals surface area contributed by atoms with Gasteiger partial charge in [0.15, 0.2) is 0 Å². The Morgan fingerprint density at radius 3 is 2.39 bits per heavy atom. The molecule has 0 radical (unpaired) electrons. The van der Waals surface area contributed by atoms with Crippen molar-refractivity contribution < 1.29 is 14.3 Å². The lowest BCUT2D eigenvalue weighted by atomic mass is 10.0. The summed E-state index contributed by atoms with van der Waals surface area (Å²) in [5.41, 5.74) is 0.743. The molecule has 0 bridgehead atoms. The van der Waals surface area contributed by atoms with E-state index in [0.717, 1.165) is 31.5 Å². The van der Waals surface area contributed by atoms with Crippen molar-refractivity contribution in [2.75, 3.05) is 20.1 Å². The van der Waals surface area contributed by atoms with Crippen molar-refractivity contribution in [3.63, 3.8) is 0 Å². The molecule has 0 spiro atoms. The summed E-state index contributed by atoms with van der Waals surface area (Å²) in [6.07, 6.45) is 1.12. The highest BCUT2D eigenvalue weighted by atomic mass is 16.6. The number of likely N-dealkylation sites (tertiary alicyclic amines) is 1. The topological polar surface area (TPSA) is 94.8 Å². The van der Waals surface area contributed by atoms with Crippen LogP contribution in [-0.4, -0.2) is 54.4 Å². The van der Waals surface area contributed by atoms with Gasteiger partial charge in [0, 0.05) is 12.5 Å². The number of carbonyl (C=O) groups excluding carboxylic acids is 2. The smallest absolute Gasteiger partial charge is 0.434 e. The zero-order valence-electron chi connectivity index (χ0n) is 17.0. The Morgan fingerprint density at radius 2 is 1.86 bits per heavy atom. The second kappa shape index (κ2) is 9.47. The van der Waals surface area contributed by atoms with Crippen LogP contribution in [-0.2, 0) is 16.0 Å². The molecule has 1 saturated heterocycles. The minimum absolute atomic E-state index is 0.0634. The number of nitriles is 1. The minimum atomic E-state index is -0.783. The standard InChI is InChI=1S/C21H28N4O3/c1-21(2,3)28-20(27)24-18(13-15-5-7-16(14-22)8-6-15)19(26)23-17-9-11-25(4)12-10-17/h5-8,17H,9-13H2,1-4H3,(H,23,26)/b24-18-. The van der Waals surface area contributed by atoms with Crippen molar-refractivity contribution in [2.45, 2.75) is 51.7 Å². The molecule has 0 unspecified atom stereocenters. The molecule has 28 heavy (non-hydrogen) atoms. The molecule has 150 valence electrons. The predicted molar refractivity (Wildman–Crippen MR) is 107 cm³/mol. The van der Waals surface area contributed by atoms with Crippen LogP contribution in [0.3, 0.4) is 0 Å². The second-order valence-corrected chi connectivity index (χ2v) is 8.08. The third-order valence-corrected chi connectivity index (χ3v) is 4.39. The number of piperidine rings is 1. The van der Waals surface area contributed by atoms with E-state index in [1.807, 2.05) is 0 Å². The molecule has 1 aromatic rings. The molecule has 7 heteroatoms. The lowest BCUT2D eigenvalue weighted by Crippen LogP contribution is -2.46. The normalized spacial score (nSPS) is 16.3. The second-order valence-electron chi connectivity index (χ2n) is 8.08. The van der Waals surface area contributed by atoms with Gasteiger partial charge in [0.25, 0.3) is 5.91 Å². The first-order valence-corrected chi connectivity index (χ1v) is 9.45. The summed E-state index contributed by atoms with van der Waals surface area (Å²) >= 11 is 0. The molecule has 7 nitrogen and oxygen atoms in total. The number of nitrogens with one attached hydrogen (secondary N) is 1. The summed E-state index contributed by atoms with van der Waals surface area (Å²) in [4.78, 5) is 31.1. The van der Waals surface area contributed by atoms with Crippen LogP contribution in [0.25, 0.3) is 0 Å². The van der Waals surface area contributed by atoms with Crippen molar-refractivity contribution in [3.8, 4) is 6.07 Å². The maximum atomic E-state index is 12.8. The number of nitrogens with zero attached hydrogens (tertiary/aromatic N) is 3. The first-order chi connectivity index (χ1) is 13.2. The molecule has 1 aliphatic rings. The van der Waals surface area contributed by atoms with E-state index < -0.39 is 11.7 Å². The summed E-state index contributed by atoms with van der Waals surface area (Å²) in [5.74, 6) is -0.357. The molecule has 2 amide bonds. The van der Waals surface area contributed by atoms with E-state index in [1.54, 1.807) is 45.0 Å². The molecule has 1 heterocycles. The lowest BCUT2D eigenvalue weighted by Gasteiger charge is -2.29. The third-order valence-electron chi connectivity index (χ3n) is 4.39. The van der Waals surface area contributed by atoms with Crippen molar-refractivity contribution in [3.05, 3.63) is 35.4 Å². The van der Waals surface area contributed by atoms with Crippen LogP contribution in [0, 0.1) is 11.3 Å². The van der Waals surface area contributed by atoms with E-state index in [2.05, 4.69) is 28.3 Å². The molecule has 0 aliphatic carbocycles.